The Morgan fingerprint density at radius 3 is 2.29 bits per heavy atom. The molecule has 0 bridgehead atoms. The van der Waals surface area contributed by atoms with E-state index >= 15 is 0 Å². The zero-order valence-electron chi connectivity index (χ0n) is 10.5. The van der Waals surface area contributed by atoms with E-state index in [-0.39, 0.29) is 0 Å². The number of aryl methyl sites for hydroxylation is 1. The minimum Gasteiger partial charge on any atom is -0.381 e. The number of rotatable bonds is 10. The van der Waals surface area contributed by atoms with Crippen molar-refractivity contribution in [2.45, 2.75) is 38.5 Å². The number of alkyl halides is 1. The molecule has 1 rings (SSSR count). The Hall–Kier alpha value is -0.340. The van der Waals surface area contributed by atoms with E-state index in [1.807, 2.05) is 0 Å². The fourth-order valence-electron chi connectivity index (χ4n) is 1.79. The van der Waals surface area contributed by atoms with E-state index in [0.29, 0.717) is 0 Å². The van der Waals surface area contributed by atoms with Crippen molar-refractivity contribution >= 4 is 15.9 Å². The normalized spacial score (nSPS) is 10.6. The Bertz CT molecular complexity index is 261. The molecule has 96 valence electrons. The van der Waals surface area contributed by atoms with Crippen LogP contribution in [-0.4, -0.2) is 18.5 Å². The van der Waals surface area contributed by atoms with Gasteiger partial charge in [0.15, 0.2) is 0 Å². The van der Waals surface area contributed by atoms with Crippen LogP contribution >= 0.6 is 15.9 Å². The van der Waals surface area contributed by atoms with Gasteiger partial charge in [-0.1, -0.05) is 59.1 Å². The SMILES string of the molecule is BrCCCOCCCCCCc1ccccc1. The second-order valence-electron chi connectivity index (χ2n) is 4.30. The average Bonchev–Trinajstić information content (AvgIpc) is 2.38. The first-order valence-corrected chi connectivity index (χ1v) is 7.73. The molecule has 0 atom stereocenters. The van der Waals surface area contributed by atoms with Crippen LogP contribution in [0.15, 0.2) is 30.3 Å². The summed E-state index contributed by atoms with van der Waals surface area (Å²) in [5.74, 6) is 0. The van der Waals surface area contributed by atoms with E-state index < -0.39 is 0 Å². The highest BCUT2D eigenvalue weighted by Crippen LogP contribution is 2.07. The highest BCUT2D eigenvalue weighted by atomic mass is 79.9. The molecule has 0 amide bonds. The average molecular weight is 299 g/mol. The fraction of sp³-hybridized carbons (Fsp3) is 0.600. The first-order valence-electron chi connectivity index (χ1n) is 6.61. The van der Waals surface area contributed by atoms with Crippen molar-refractivity contribution in [3.63, 3.8) is 0 Å². The first kappa shape index (κ1) is 14.7. The van der Waals surface area contributed by atoms with Crippen LogP contribution in [0.2, 0.25) is 0 Å². The Morgan fingerprint density at radius 1 is 0.824 bits per heavy atom. The molecule has 0 heterocycles. The third kappa shape index (κ3) is 8.39. The molecule has 0 fully saturated rings. The summed E-state index contributed by atoms with van der Waals surface area (Å²) in [5, 5.41) is 1.05. The monoisotopic (exact) mass is 298 g/mol. The molecule has 1 aromatic carbocycles. The van der Waals surface area contributed by atoms with E-state index in [2.05, 4.69) is 46.3 Å². The molecule has 0 N–H and O–H groups in total. The zero-order valence-corrected chi connectivity index (χ0v) is 12.1. The topological polar surface area (TPSA) is 9.23 Å². The van der Waals surface area contributed by atoms with Gasteiger partial charge in [-0.05, 0) is 31.2 Å². The van der Waals surface area contributed by atoms with Gasteiger partial charge in [-0.3, -0.25) is 0 Å². The second-order valence-corrected chi connectivity index (χ2v) is 5.10. The lowest BCUT2D eigenvalue weighted by atomic mass is 10.1. The summed E-state index contributed by atoms with van der Waals surface area (Å²) < 4.78 is 5.51. The Morgan fingerprint density at radius 2 is 1.53 bits per heavy atom. The van der Waals surface area contributed by atoms with Crippen LogP contribution < -0.4 is 0 Å². The highest BCUT2D eigenvalue weighted by Gasteiger charge is 1.93. The first-order chi connectivity index (χ1) is 8.43. The van der Waals surface area contributed by atoms with Gasteiger partial charge in [0, 0.05) is 18.5 Å². The van der Waals surface area contributed by atoms with E-state index in [9.17, 15) is 0 Å². The van der Waals surface area contributed by atoms with Crippen LogP contribution in [0.25, 0.3) is 0 Å². The molecule has 0 aliphatic carbocycles. The van der Waals surface area contributed by atoms with E-state index in [1.165, 1.54) is 37.7 Å². The Labute approximate surface area is 114 Å². The molecule has 0 aliphatic rings. The maximum absolute atomic E-state index is 5.51. The van der Waals surface area contributed by atoms with Gasteiger partial charge in [0.2, 0.25) is 0 Å². The van der Waals surface area contributed by atoms with E-state index in [0.717, 1.165) is 25.0 Å². The van der Waals surface area contributed by atoms with Gasteiger partial charge in [-0.2, -0.15) is 0 Å². The van der Waals surface area contributed by atoms with Crippen molar-refractivity contribution < 1.29 is 4.74 Å². The van der Waals surface area contributed by atoms with Crippen LogP contribution in [-0.2, 0) is 11.2 Å². The summed E-state index contributed by atoms with van der Waals surface area (Å²) in [6.45, 7) is 1.83. The standard InChI is InChI=1S/C15H23BrO/c16-12-8-14-17-13-7-2-1-4-9-15-10-5-3-6-11-15/h3,5-6,10-11H,1-2,4,7-9,12-14H2. The second kappa shape index (κ2) is 10.8. The smallest absolute Gasteiger partial charge is 0.0474 e. The minimum absolute atomic E-state index is 0.898. The lowest BCUT2D eigenvalue weighted by Crippen LogP contribution is -1.97. The summed E-state index contributed by atoms with van der Waals surface area (Å²) in [6, 6.07) is 10.7. The highest BCUT2D eigenvalue weighted by molar-refractivity contribution is 9.09. The van der Waals surface area contributed by atoms with Crippen molar-refractivity contribution in [1.29, 1.82) is 0 Å². The third-order valence-corrected chi connectivity index (χ3v) is 3.33. The van der Waals surface area contributed by atoms with Crippen molar-refractivity contribution in [2.24, 2.45) is 0 Å². The van der Waals surface area contributed by atoms with Crippen molar-refractivity contribution in [1.82, 2.24) is 0 Å². The molecule has 17 heavy (non-hydrogen) atoms. The van der Waals surface area contributed by atoms with Crippen molar-refractivity contribution in [3.8, 4) is 0 Å². The largest absolute Gasteiger partial charge is 0.381 e. The molecule has 0 unspecified atom stereocenters. The van der Waals surface area contributed by atoms with Crippen LogP contribution in [0.1, 0.15) is 37.7 Å². The Kier molecular flexibility index (Phi) is 9.34. The molecule has 0 saturated carbocycles. The van der Waals surface area contributed by atoms with Crippen LogP contribution in [0, 0.1) is 0 Å². The molecule has 0 spiro atoms. The molecule has 0 radical (unpaired) electrons. The van der Waals surface area contributed by atoms with Crippen molar-refractivity contribution in [2.75, 3.05) is 18.5 Å². The van der Waals surface area contributed by atoms with Gasteiger partial charge in [-0.25, -0.2) is 0 Å². The number of hydrogen-bond donors (Lipinski definition) is 0. The number of benzene rings is 1. The van der Waals surface area contributed by atoms with Gasteiger partial charge in [0.05, 0.1) is 0 Å². The van der Waals surface area contributed by atoms with Gasteiger partial charge in [-0.15, -0.1) is 0 Å². The summed E-state index contributed by atoms with van der Waals surface area (Å²) in [7, 11) is 0. The summed E-state index contributed by atoms with van der Waals surface area (Å²) in [5.41, 5.74) is 1.46. The summed E-state index contributed by atoms with van der Waals surface area (Å²) in [4.78, 5) is 0. The number of ether oxygens (including phenoxy) is 1. The number of unbranched alkanes of at least 4 members (excludes halogenated alkanes) is 3. The van der Waals surface area contributed by atoms with Crippen molar-refractivity contribution in [3.05, 3.63) is 35.9 Å². The predicted octanol–water partition coefficient (Wildman–Crippen LogP) is 4.59. The van der Waals surface area contributed by atoms with Crippen LogP contribution in [0.3, 0.4) is 0 Å². The maximum atomic E-state index is 5.51. The molecule has 0 aromatic heterocycles. The van der Waals surface area contributed by atoms with E-state index in [4.69, 9.17) is 4.74 Å². The quantitative estimate of drug-likeness (QED) is 0.453. The summed E-state index contributed by atoms with van der Waals surface area (Å²) in [6.07, 6.45) is 7.44. The lowest BCUT2D eigenvalue weighted by Gasteiger charge is -2.03. The molecule has 0 aliphatic heterocycles. The molecule has 2 heteroatoms. The third-order valence-electron chi connectivity index (χ3n) is 2.77. The van der Waals surface area contributed by atoms with Gasteiger partial charge < -0.3 is 4.74 Å². The Balaban J connectivity index is 1.85. The maximum Gasteiger partial charge on any atom is 0.0474 e. The number of hydrogen-bond acceptors (Lipinski definition) is 1. The predicted molar refractivity (Wildman–Crippen MR) is 77.8 cm³/mol. The van der Waals surface area contributed by atoms with Gasteiger partial charge >= 0.3 is 0 Å². The molecule has 1 nitrogen and oxygen atoms in total. The molecule has 0 saturated heterocycles. The van der Waals surface area contributed by atoms with Crippen LogP contribution in [0.4, 0.5) is 0 Å². The minimum atomic E-state index is 0.898. The molecular weight excluding hydrogens is 276 g/mol. The van der Waals surface area contributed by atoms with Gasteiger partial charge in [0.25, 0.3) is 0 Å². The lowest BCUT2D eigenvalue weighted by molar-refractivity contribution is 0.131. The summed E-state index contributed by atoms with van der Waals surface area (Å²) >= 11 is 3.39. The fourth-order valence-corrected chi connectivity index (χ4v) is 2.02. The number of halogens is 1. The zero-order chi connectivity index (χ0) is 12.2. The van der Waals surface area contributed by atoms with E-state index in [1.54, 1.807) is 0 Å². The van der Waals surface area contributed by atoms with Crippen LogP contribution in [0.5, 0.6) is 0 Å². The van der Waals surface area contributed by atoms with Gasteiger partial charge in [0.1, 0.15) is 0 Å². The molecular formula is C15H23BrO. The molecule has 1 aromatic rings.